The van der Waals surface area contributed by atoms with E-state index in [2.05, 4.69) is 48.3 Å². The molecule has 2 aromatic rings. The van der Waals surface area contributed by atoms with Gasteiger partial charge >= 0.3 is 0 Å². The number of likely N-dealkylation sites (N-methyl/N-ethyl adjacent to an activating group) is 1. The standard InChI is InChI=1S/C25H35N3O3S/c1-19-10-12-21(13-11-19)24(27(3)4)16-26-17-25(29)22-8-5-9-23(15-22)32(30,31)28-14-6-7-20(2)18-28/h5,8-13,15,20,24,26H,6-7,14,16-18H2,1-4H3. The molecule has 1 aliphatic heterocycles. The zero-order chi connectivity index (χ0) is 23.3. The van der Waals surface area contributed by atoms with Gasteiger partial charge in [-0.05, 0) is 57.5 Å². The third-order valence-electron chi connectivity index (χ3n) is 6.12. The van der Waals surface area contributed by atoms with Crippen molar-refractivity contribution in [3.63, 3.8) is 0 Å². The molecular weight excluding hydrogens is 422 g/mol. The molecule has 0 saturated carbocycles. The Balaban J connectivity index is 1.65. The Morgan fingerprint density at radius 2 is 1.91 bits per heavy atom. The van der Waals surface area contributed by atoms with Gasteiger partial charge in [-0.2, -0.15) is 4.31 Å². The van der Waals surface area contributed by atoms with Crippen LogP contribution in [0.2, 0.25) is 0 Å². The van der Waals surface area contributed by atoms with E-state index in [1.54, 1.807) is 22.5 Å². The van der Waals surface area contributed by atoms with Crippen LogP contribution in [-0.4, -0.2) is 63.7 Å². The fourth-order valence-corrected chi connectivity index (χ4v) is 5.80. The first-order chi connectivity index (χ1) is 15.2. The van der Waals surface area contributed by atoms with Crippen molar-refractivity contribution in [2.75, 3.05) is 40.3 Å². The predicted molar refractivity (Wildman–Crippen MR) is 128 cm³/mol. The van der Waals surface area contributed by atoms with Crippen LogP contribution < -0.4 is 5.32 Å². The second-order valence-corrected chi connectivity index (χ2v) is 11.0. The summed E-state index contributed by atoms with van der Waals surface area (Å²) in [7, 11) is 0.454. The molecule has 1 fully saturated rings. The number of aryl methyl sites for hydroxylation is 1. The van der Waals surface area contributed by atoms with Crippen molar-refractivity contribution >= 4 is 15.8 Å². The zero-order valence-corrected chi connectivity index (χ0v) is 20.4. The predicted octanol–water partition coefficient (Wildman–Crippen LogP) is 3.49. The second-order valence-electron chi connectivity index (χ2n) is 9.08. The smallest absolute Gasteiger partial charge is 0.243 e. The normalized spacial score (nSPS) is 18.6. The fourth-order valence-electron chi connectivity index (χ4n) is 4.16. The van der Waals surface area contributed by atoms with Crippen LogP contribution in [0.1, 0.15) is 47.3 Å². The van der Waals surface area contributed by atoms with Crippen LogP contribution in [0, 0.1) is 12.8 Å². The number of Topliss-reactive ketones (excluding diaryl/α,β-unsaturated/α-hetero) is 1. The summed E-state index contributed by atoms with van der Waals surface area (Å²) in [5.74, 6) is 0.237. The lowest BCUT2D eigenvalue weighted by Gasteiger charge is -2.30. The minimum Gasteiger partial charge on any atom is -0.308 e. The number of piperidine rings is 1. The first-order valence-electron chi connectivity index (χ1n) is 11.3. The maximum Gasteiger partial charge on any atom is 0.243 e. The molecule has 0 amide bonds. The molecule has 2 aromatic carbocycles. The van der Waals surface area contributed by atoms with Crippen LogP contribution in [0.4, 0.5) is 0 Å². The molecule has 2 atom stereocenters. The highest BCUT2D eigenvalue weighted by Gasteiger charge is 2.29. The number of carbonyl (C=O) groups excluding carboxylic acids is 1. The first-order valence-corrected chi connectivity index (χ1v) is 12.7. The van der Waals surface area contributed by atoms with Crippen molar-refractivity contribution < 1.29 is 13.2 Å². The molecule has 32 heavy (non-hydrogen) atoms. The van der Waals surface area contributed by atoms with Gasteiger partial charge < -0.3 is 10.2 Å². The minimum absolute atomic E-state index is 0.115. The lowest BCUT2D eigenvalue weighted by atomic mass is 10.0. The number of benzene rings is 2. The Morgan fingerprint density at radius 3 is 2.56 bits per heavy atom. The van der Waals surface area contributed by atoms with Crippen LogP contribution in [-0.2, 0) is 10.0 Å². The van der Waals surface area contributed by atoms with Crippen LogP contribution in [0.25, 0.3) is 0 Å². The number of carbonyl (C=O) groups is 1. The minimum atomic E-state index is -3.58. The van der Waals surface area contributed by atoms with E-state index in [0.29, 0.717) is 31.1 Å². The van der Waals surface area contributed by atoms with Crippen molar-refractivity contribution in [1.29, 1.82) is 0 Å². The number of ketones is 1. The van der Waals surface area contributed by atoms with Gasteiger partial charge in [-0.25, -0.2) is 8.42 Å². The van der Waals surface area contributed by atoms with Gasteiger partial charge in [0, 0.05) is 31.2 Å². The maximum absolute atomic E-state index is 13.1. The van der Waals surface area contributed by atoms with Gasteiger partial charge in [0.2, 0.25) is 10.0 Å². The molecule has 1 aliphatic rings. The molecule has 0 bridgehead atoms. The summed E-state index contributed by atoms with van der Waals surface area (Å²) < 4.78 is 27.7. The Labute approximate surface area is 192 Å². The average molecular weight is 458 g/mol. The van der Waals surface area contributed by atoms with Gasteiger partial charge in [-0.15, -0.1) is 0 Å². The topological polar surface area (TPSA) is 69.7 Å². The van der Waals surface area contributed by atoms with Gasteiger partial charge in [0.25, 0.3) is 0 Å². The maximum atomic E-state index is 13.1. The number of hydrogen-bond donors (Lipinski definition) is 1. The van der Waals surface area contributed by atoms with Crippen molar-refractivity contribution in [1.82, 2.24) is 14.5 Å². The highest BCUT2D eigenvalue weighted by molar-refractivity contribution is 7.89. The van der Waals surface area contributed by atoms with E-state index in [-0.39, 0.29) is 23.3 Å². The lowest BCUT2D eigenvalue weighted by Crippen LogP contribution is -2.39. The average Bonchev–Trinajstić information content (AvgIpc) is 2.77. The third-order valence-corrected chi connectivity index (χ3v) is 7.98. The number of nitrogens with one attached hydrogen (secondary N) is 1. The largest absolute Gasteiger partial charge is 0.308 e. The summed E-state index contributed by atoms with van der Waals surface area (Å²) in [4.78, 5) is 15.1. The van der Waals surface area contributed by atoms with Crippen molar-refractivity contribution in [2.45, 2.75) is 37.6 Å². The molecule has 1 heterocycles. The SMILES string of the molecule is Cc1ccc(C(CNCC(=O)c2cccc(S(=O)(=O)N3CCCC(C)C3)c2)N(C)C)cc1. The van der Waals surface area contributed by atoms with E-state index < -0.39 is 10.0 Å². The highest BCUT2D eigenvalue weighted by Crippen LogP contribution is 2.24. The van der Waals surface area contributed by atoms with Gasteiger partial charge in [0.05, 0.1) is 11.4 Å². The van der Waals surface area contributed by atoms with Crippen molar-refractivity contribution in [3.8, 4) is 0 Å². The molecular formula is C25H35N3O3S. The Morgan fingerprint density at radius 1 is 1.19 bits per heavy atom. The number of rotatable bonds is 9. The summed E-state index contributed by atoms with van der Waals surface area (Å²) in [6.07, 6.45) is 1.92. The molecule has 0 aromatic heterocycles. The highest BCUT2D eigenvalue weighted by atomic mass is 32.2. The monoisotopic (exact) mass is 457 g/mol. The zero-order valence-electron chi connectivity index (χ0n) is 19.5. The lowest BCUT2D eigenvalue weighted by molar-refractivity contribution is 0.0988. The van der Waals surface area contributed by atoms with Gasteiger partial charge in [0.1, 0.15) is 0 Å². The number of sulfonamides is 1. The summed E-state index contributed by atoms with van der Waals surface area (Å²) in [5.41, 5.74) is 2.81. The van der Waals surface area contributed by atoms with Gasteiger partial charge in [-0.3, -0.25) is 4.79 Å². The van der Waals surface area contributed by atoms with Crippen molar-refractivity contribution in [2.24, 2.45) is 5.92 Å². The van der Waals surface area contributed by atoms with E-state index in [1.807, 2.05) is 14.1 Å². The van der Waals surface area contributed by atoms with Crippen molar-refractivity contribution in [3.05, 3.63) is 65.2 Å². The molecule has 2 unspecified atom stereocenters. The fraction of sp³-hybridized carbons (Fsp3) is 0.480. The quantitative estimate of drug-likeness (QED) is 0.584. The molecule has 0 aliphatic carbocycles. The van der Waals surface area contributed by atoms with Crippen LogP contribution in [0.3, 0.4) is 0 Å². The Bertz CT molecular complexity index is 1020. The van der Waals surface area contributed by atoms with E-state index in [4.69, 9.17) is 0 Å². The Kier molecular flexibility index (Phi) is 8.22. The molecule has 0 radical (unpaired) electrons. The molecule has 1 saturated heterocycles. The molecule has 0 spiro atoms. The summed E-state index contributed by atoms with van der Waals surface area (Å²) in [6, 6.07) is 15.0. The summed E-state index contributed by atoms with van der Waals surface area (Å²) in [5, 5.41) is 3.25. The third kappa shape index (κ3) is 6.04. The molecule has 6 nitrogen and oxygen atoms in total. The van der Waals surface area contributed by atoms with E-state index >= 15 is 0 Å². The number of nitrogens with zero attached hydrogens (tertiary/aromatic N) is 2. The summed E-state index contributed by atoms with van der Waals surface area (Å²) >= 11 is 0. The first kappa shape index (κ1) is 24.6. The van der Waals surface area contributed by atoms with E-state index in [9.17, 15) is 13.2 Å². The van der Waals surface area contributed by atoms with Crippen LogP contribution in [0.5, 0.6) is 0 Å². The number of hydrogen-bond acceptors (Lipinski definition) is 5. The van der Waals surface area contributed by atoms with Crippen LogP contribution >= 0.6 is 0 Å². The van der Waals surface area contributed by atoms with Crippen LogP contribution in [0.15, 0.2) is 53.4 Å². The second kappa shape index (κ2) is 10.7. The van der Waals surface area contributed by atoms with Gasteiger partial charge in [-0.1, -0.05) is 48.9 Å². The molecule has 7 heteroatoms. The van der Waals surface area contributed by atoms with Gasteiger partial charge in [0.15, 0.2) is 5.78 Å². The molecule has 174 valence electrons. The van der Waals surface area contributed by atoms with E-state index in [1.165, 1.54) is 17.2 Å². The summed E-state index contributed by atoms with van der Waals surface area (Å²) in [6.45, 7) is 5.98. The Hall–Kier alpha value is -2.06. The molecule has 1 N–H and O–H groups in total. The van der Waals surface area contributed by atoms with E-state index in [0.717, 1.165) is 12.8 Å². The molecule has 3 rings (SSSR count).